The SMILES string of the molecule is COC(=O)c1cc(OC)c(OC)cc1NC(=S)Nc1sc2c(c1C(=O)OC)CCCCC2. The van der Waals surface area contributed by atoms with Crippen molar-refractivity contribution in [2.24, 2.45) is 0 Å². The van der Waals surface area contributed by atoms with E-state index in [1.165, 1.54) is 50.7 Å². The van der Waals surface area contributed by atoms with Crippen LogP contribution >= 0.6 is 23.6 Å². The number of benzene rings is 1. The second-order valence-corrected chi connectivity index (χ2v) is 8.60. The van der Waals surface area contributed by atoms with Crippen LogP contribution in [-0.2, 0) is 22.3 Å². The van der Waals surface area contributed by atoms with E-state index in [9.17, 15) is 9.59 Å². The Kier molecular flexibility index (Phi) is 7.92. The third kappa shape index (κ3) is 4.97. The van der Waals surface area contributed by atoms with Crippen molar-refractivity contribution in [2.75, 3.05) is 39.1 Å². The average molecular weight is 479 g/mol. The summed E-state index contributed by atoms with van der Waals surface area (Å²) < 4.78 is 20.5. The van der Waals surface area contributed by atoms with E-state index >= 15 is 0 Å². The van der Waals surface area contributed by atoms with E-state index in [-0.39, 0.29) is 10.7 Å². The fourth-order valence-electron chi connectivity index (χ4n) is 3.67. The fraction of sp³-hybridized carbons (Fsp3) is 0.409. The lowest BCUT2D eigenvalue weighted by molar-refractivity contribution is 0.0592. The molecule has 0 spiro atoms. The highest BCUT2D eigenvalue weighted by Gasteiger charge is 2.26. The number of ether oxygens (including phenoxy) is 4. The molecule has 3 rings (SSSR count). The van der Waals surface area contributed by atoms with E-state index in [4.69, 9.17) is 31.2 Å². The minimum Gasteiger partial charge on any atom is -0.493 e. The highest BCUT2D eigenvalue weighted by Crippen LogP contribution is 2.38. The van der Waals surface area contributed by atoms with Crippen LogP contribution in [0.4, 0.5) is 10.7 Å². The van der Waals surface area contributed by atoms with Gasteiger partial charge in [0.15, 0.2) is 16.6 Å². The number of carbonyl (C=O) groups is 2. The van der Waals surface area contributed by atoms with Crippen LogP contribution in [0.1, 0.15) is 50.4 Å². The number of thiocarbonyl (C=S) groups is 1. The third-order valence-corrected chi connectivity index (χ3v) is 6.63. The second kappa shape index (κ2) is 10.6. The molecule has 1 aliphatic rings. The monoisotopic (exact) mass is 478 g/mol. The minimum absolute atomic E-state index is 0.212. The lowest BCUT2D eigenvalue weighted by Gasteiger charge is -2.16. The van der Waals surface area contributed by atoms with Crippen molar-refractivity contribution in [2.45, 2.75) is 32.1 Å². The first-order chi connectivity index (χ1) is 15.4. The standard InChI is InChI=1S/C22H26N2O6S2/c1-27-15-10-13(20(25)29-3)14(11-16(15)28-2)23-22(31)24-19-18(21(26)30-4)12-8-6-5-7-9-17(12)32-19/h10-11H,5-9H2,1-4H3,(H2,23,24,31). The lowest BCUT2D eigenvalue weighted by atomic mass is 10.1. The van der Waals surface area contributed by atoms with Gasteiger partial charge in [-0.2, -0.15) is 0 Å². The van der Waals surface area contributed by atoms with E-state index in [2.05, 4.69) is 10.6 Å². The summed E-state index contributed by atoms with van der Waals surface area (Å²) in [6.45, 7) is 0. The summed E-state index contributed by atoms with van der Waals surface area (Å²) >= 11 is 7.01. The Morgan fingerprint density at radius 3 is 2.22 bits per heavy atom. The molecule has 0 radical (unpaired) electrons. The predicted molar refractivity (Wildman–Crippen MR) is 128 cm³/mol. The first kappa shape index (κ1) is 23.8. The number of anilines is 2. The summed E-state index contributed by atoms with van der Waals surface area (Å²) in [6, 6.07) is 3.12. The molecule has 172 valence electrons. The van der Waals surface area contributed by atoms with Gasteiger partial charge < -0.3 is 29.6 Å². The van der Waals surface area contributed by atoms with Crippen LogP contribution < -0.4 is 20.1 Å². The van der Waals surface area contributed by atoms with E-state index in [0.29, 0.717) is 27.8 Å². The number of thiophene rings is 1. The number of hydrogen-bond acceptors (Lipinski definition) is 8. The van der Waals surface area contributed by atoms with E-state index in [1.807, 2.05) is 0 Å². The summed E-state index contributed by atoms with van der Waals surface area (Å²) in [7, 11) is 5.64. The van der Waals surface area contributed by atoms with Crippen LogP contribution in [0.3, 0.4) is 0 Å². The molecule has 1 heterocycles. The van der Waals surface area contributed by atoms with Crippen molar-refractivity contribution >= 4 is 51.3 Å². The van der Waals surface area contributed by atoms with Gasteiger partial charge in [0.2, 0.25) is 0 Å². The van der Waals surface area contributed by atoms with Crippen LogP contribution in [0.5, 0.6) is 11.5 Å². The van der Waals surface area contributed by atoms with E-state index < -0.39 is 11.9 Å². The average Bonchev–Trinajstić information content (AvgIpc) is 2.97. The fourth-order valence-corrected chi connectivity index (χ4v) is 5.23. The maximum atomic E-state index is 12.5. The van der Waals surface area contributed by atoms with Crippen LogP contribution in [0, 0.1) is 0 Å². The molecule has 0 bridgehead atoms. The quantitative estimate of drug-likeness (QED) is 0.355. The second-order valence-electron chi connectivity index (χ2n) is 7.08. The molecule has 10 heteroatoms. The molecule has 0 saturated carbocycles. The molecule has 32 heavy (non-hydrogen) atoms. The summed E-state index contributed by atoms with van der Waals surface area (Å²) in [6.07, 6.45) is 5.02. The first-order valence-electron chi connectivity index (χ1n) is 10.1. The van der Waals surface area contributed by atoms with Gasteiger partial charge in [-0.25, -0.2) is 9.59 Å². The highest BCUT2D eigenvalue weighted by molar-refractivity contribution is 7.80. The number of fused-ring (bicyclic) bond motifs is 1. The number of carbonyl (C=O) groups excluding carboxylic acids is 2. The van der Waals surface area contributed by atoms with Gasteiger partial charge in [-0.1, -0.05) is 6.42 Å². The van der Waals surface area contributed by atoms with Crippen LogP contribution in [0.2, 0.25) is 0 Å². The normalized spacial score (nSPS) is 12.8. The molecule has 1 aromatic carbocycles. The van der Waals surface area contributed by atoms with E-state index in [0.717, 1.165) is 37.7 Å². The molecule has 0 unspecified atom stereocenters. The van der Waals surface area contributed by atoms with Gasteiger partial charge in [0.1, 0.15) is 5.00 Å². The Morgan fingerprint density at radius 2 is 1.56 bits per heavy atom. The molecule has 1 aromatic heterocycles. The van der Waals surface area contributed by atoms with E-state index in [1.54, 1.807) is 6.07 Å². The van der Waals surface area contributed by atoms with Crippen molar-refractivity contribution in [1.82, 2.24) is 0 Å². The van der Waals surface area contributed by atoms with Gasteiger partial charge in [-0.3, -0.25) is 0 Å². The molecule has 0 atom stereocenters. The Hall–Kier alpha value is -2.85. The zero-order chi connectivity index (χ0) is 23.3. The molecule has 8 nitrogen and oxygen atoms in total. The summed E-state index contributed by atoms with van der Waals surface area (Å²) in [4.78, 5) is 26.0. The third-order valence-electron chi connectivity index (χ3n) is 5.22. The van der Waals surface area contributed by atoms with Gasteiger partial charge in [0.05, 0.1) is 45.3 Å². The first-order valence-corrected chi connectivity index (χ1v) is 11.3. The number of hydrogen-bond donors (Lipinski definition) is 2. The van der Waals surface area contributed by atoms with Gasteiger partial charge in [-0.15, -0.1) is 11.3 Å². The predicted octanol–water partition coefficient (Wildman–Crippen LogP) is 4.42. The molecule has 2 N–H and O–H groups in total. The summed E-state index contributed by atoms with van der Waals surface area (Å²) in [5.74, 6) is -0.152. The summed E-state index contributed by atoms with van der Waals surface area (Å²) in [5, 5.41) is 6.97. The number of nitrogens with one attached hydrogen (secondary N) is 2. The zero-order valence-corrected chi connectivity index (χ0v) is 20.1. The maximum Gasteiger partial charge on any atom is 0.341 e. The smallest absolute Gasteiger partial charge is 0.341 e. The number of aryl methyl sites for hydroxylation is 1. The zero-order valence-electron chi connectivity index (χ0n) is 18.5. The molecule has 0 amide bonds. The molecule has 0 saturated heterocycles. The van der Waals surface area contributed by atoms with Gasteiger partial charge in [-0.05, 0) is 43.5 Å². The van der Waals surface area contributed by atoms with Gasteiger partial charge in [0, 0.05) is 17.0 Å². The topological polar surface area (TPSA) is 95.1 Å². The van der Waals surface area contributed by atoms with Crippen LogP contribution in [0.15, 0.2) is 12.1 Å². The number of rotatable bonds is 6. The molecule has 2 aromatic rings. The van der Waals surface area contributed by atoms with Crippen molar-refractivity contribution in [1.29, 1.82) is 0 Å². The van der Waals surface area contributed by atoms with Crippen molar-refractivity contribution in [3.05, 3.63) is 33.7 Å². The Balaban J connectivity index is 1.92. The number of methoxy groups -OCH3 is 4. The molecule has 0 fully saturated rings. The maximum absolute atomic E-state index is 12.5. The molecular formula is C22H26N2O6S2. The lowest BCUT2D eigenvalue weighted by Crippen LogP contribution is -2.22. The Morgan fingerprint density at radius 1 is 0.906 bits per heavy atom. The Bertz CT molecular complexity index is 1030. The summed E-state index contributed by atoms with van der Waals surface area (Å²) in [5.41, 5.74) is 2.17. The highest BCUT2D eigenvalue weighted by atomic mass is 32.1. The van der Waals surface area contributed by atoms with Crippen molar-refractivity contribution < 1.29 is 28.5 Å². The molecular weight excluding hydrogens is 452 g/mol. The number of esters is 2. The largest absolute Gasteiger partial charge is 0.493 e. The minimum atomic E-state index is -0.561. The molecule has 0 aliphatic heterocycles. The Labute approximate surface area is 196 Å². The van der Waals surface area contributed by atoms with Crippen LogP contribution in [0.25, 0.3) is 0 Å². The van der Waals surface area contributed by atoms with Crippen molar-refractivity contribution in [3.63, 3.8) is 0 Å². The van der Waals surface area contributed by atoms with Crippen molar-refractivity contribution in [3.8, 4) is 11.5 Å². The molecule has 1 aliphatic carbocycles. The van der Waals surface area contributed by atoms with Gasteiger partial charge in [0.25, 0.3) is 0 Å². The van der Waals surface area contributed by atoms with Gasteiger partial charge >= 0.3 is 11.9 Å². The van der Waals surface area contributed by atoms with Crippen LogP contribution in [-0.4, -0.2) is 45.5 Å².